The van der Waals surface area contributed by atoms with Gasteiger partial charge in [-0.2, -0.15) is 0 Å². The van der Waals surface area contributed by atoms with Gasteiger partial charge in [-0.3, -0.25) is 4.79 Å². The molecule has 1 unspecified atom stereocenters. The fraction of sp³-hybridized carbons (Fsp3) is 0.944. The molecule has 0 aromatic heterocycles. The van der Waals surface area contributed by atoms with Crippen LogP contribution in [0.2, 0.25) is 0 Å². The maximum atomic E-state index is 12.4. The number of carbonyl (C=O) groups is 1. The van der Waals surface area contributed by atoms with Crippen LogP contribution in [0.1, 0.15) is 39.5 Å². The number of rotatable bonds is 6. The highest BCUT2D eigenvalue weighted by Gasteiger charge is 2.46. The summed E-state index contributed by atoms with van der Waals surface area (Å²) in [4.78, 5) is 16.6. The number of sulfonamides is 1. The Kier molecular flexibility index (Phi) is 7.10. The van der Waals surface area contributed by atoms with Crippen molar-refractivity contribution >= 4 is 15.9 Å². The highest BCUT2D eigenvalue weighted by Crippen LogP contribution is 2.39. The lowest BCUT2D eigenvalue weighted by Gasteiger charge is -2.51. The zero-order chi connectivity index (χ0) is 19.5. The third-order valence-corrected chi connectivity index (χ3v) is 7.73. The van der Waals surface area contributed by atoms with Gasteiger partial charge in [-0.25, -0.2) is 12.7 Å². The molecule has 2 aliphatic heterocycles. The highest BCUT2D eigenvalue weighted by molar-refractivity contribution is 7.89. The Balaban J connectivity index is 1.97. The van der Waals surface area contributed by atoms with Crippen molar-refractivity contribution in [1.29, 1.82) is 0 Å². The van der Waals surface area contributed by atoms with Gasteiger partial charge in [0.05, 0.1) is 11.9 Å². The van der Waals surface area contributed by atoms with Gasteiger partial charge < -0.3 is 14.9 Å². The van der Waals surface area contributed by atoms with Gasteiger partial charge in [0.2, 0.25) is 15.9 Å². The van der Waals surface area contributed by atoms with E-state index in [1.807, 2.05) is 18.7 Å². The molecule has 0 aromatic carbocycles. The van der Waals surface area contributed by atoms with Crippen LogP contribution in [0.15, 0.2) is 0 Å². The molecule has 1 spiro atoms. The standard InChI is InChI=1S/C18H35N3O4S/c1-15(2)17(23)21-10-5-8-18(14-21)13-20(11-7-16(18)22)9-6-12-26(24,25)19(3)4/h15-16,22H,5-14H2,1-4H3/t16?,18-/m1/s1. The van der Waals surface area contributed by atoms with Crippen molar-refractivity contribution in [3.63, 3.8) is 0 Å². The molecule has 1 N–H and O–H groups in total. The van der Waals surface area contributed by atoms with Crippen molar-refractivity contribution in [3.8, 4) is 0 Å². The molecule has 7 nitrogen and oxygen atoms in total. The molecule has 2 atom stereocenters. The van der Waals surface area contributed by atoms with E-state index in [0.29, 0.717) is 25.9 Å². The molecule has 0 bridgehead atoms. The first-order valence-corrected chi connectivity index (χ1v) is 11.3. The first kappa shape index (κ1) is 21.6. The molecule has 2 heterocycles. The van der Waals surface area contributed by atoms with E-state index in [1.54, 1.807) is 14.1 Å². The van der Waals surface area contributed by atoms with Crippen molar-refractivity contribution < 1.29 is 18.3 Å². The Morgan fingerprint density at radius 2 is 1.96 bits per heavy atom. The summed E-state index contributed by atoms with van der Waals surface area (Å²) >= 11 is 0. The largest absolute Gasteiger partial charge is 0.392 e. The van der Waals surface area contributed by atoms with Gasteiger partial charge in [-0.05, 0) is 32.2 Å². The fourth-order valence-electron chi connectivity index (χ4n) is 4.20. The topological polar surface area (TPSA) is 81.2 Å². The van der Waals surface area contributed by atoms with E-state index >= 15 is 0 Å². The fourth-order valence-corrected chi connectivity index (χ4v) is 5.06. The van der Waals surface area contributed by atoms with E-state index in [4.69, 9.17) is 0 Å². The van der Waals surface area contributed by atoms with Crippen LogP contribution in [-0.2, 0) is 14.8 Å². The Hall–Kier alpha value is -0.700. The molecular weight excluding hydrogens is 354 g/mol. The highest BCUT2D eigenvalue weighted by atomic mass is 32.2. The van der Waals surface area contributed by atoms with Crippen molar-refractivity contribution in [2.45, 2.75) is 45.6 Å². The Labute approximate surface area is 158 Å². The minimum atomic E-state index is -3.17. The average Bonchev–Trinajstić information content (AvgIpc) is 2.57. The van der Waals surface area contributed by atoms with Crippen LogP contribution >= 0.6 is 0 Å². The lowest BCUT2D eigenvalue weighted by atomic mass is 9.71. The van der Waals surface area contributed by atoms with Crippen LogP contribution in [0.3, 0.4) is 0 Å². The average molecular weight is 390 g/mol. The molecule has 2 rings (SSSR count). The normalized spacial score (nSPS) is 28.3. The Bertz CT molecular complexity index is 593. The number of aliphatic hydroxyl groups excluding tert-OH is 1. The quantitative estimate of drug-likeness (QED) is 0.719. The van der Waals surface area contributed by atoms with Crippen LogP contribution in [0.25, 0.3) is 0 Å². The van der Waals surface area contributed by atoms with E-state index in [0.717, 1.165) is 32.5 Å². The van der Waals surface area contributed by atoms with Gasteiger partial charge in [0.25, 0.3) is 0 Å². The van der Waals surface area contributed by atoms with Gasteiger partial charge in [0.15, 0.2) is 0 Å². The van der Waals surface area contributed by atoms with Gasteiger partial charge in [0.1, 0.15) is 0 Å². The maximum absolute atomic E-state index is 12.4. The predicted molar refractivity (Wildman–Crippen MR) is 102 cm³/mol. The zero-order valence-electron chi connectivity index (χ0n) is 16.6. The summed E-state index contributed by atoms with van der Waals surface area (Å²) < 4.78 is 25.1. The van der Waals surface area contributed by atoms with Crippen LogP contribution in [-0.4, -0.2) is 92.2 Å². The molecule has 2 fully saturated rings. The molecule has 0 saturated carbocycles. The minimum absolute atomic E-state index is 0.0294. The lowest BCUT2D eigenvalue weighted by Crippen LogP contribution is -2.60. The maximum Gasteiger partial charge on any atom is 0.225 e. The SMILES string of the molecule is CC(C)C(=O)N1CCC[C@@]2(CN(CCCS(=O)(=O)N(C)C)CCC2O)C1. The number of aliphatic hydroxyl groups is 1. The number of nitrogens with zero attached hydrogens (tertiary/aromatic N) is 3. The molecule has 26 heavy (non-hydrogen) atoms. The monoisotopic (exact) mass is 389 g/mol. The van der Waals surface area contributed by atoms with E-state index < -0.39 is 16.1 Å². The van der Waals surface area contributed by atoms with Crippen LogP contribution < -0.4 is 0 Å². The number of hydrogen-bond acceptors (Lipinski definition) is 5. The number of carbonyl (C=O) groups excluding carboxylic acids is 1. The summed E-state index contributed by atoms with van der Waals surface area (Å²) in [6.07, 6.45) is 2.71. The van der Waals surface area contributed by atoms with Crippen molar-refractivity contribution in [2.75, 3.05) is 52.6 Å². The molecule has 2 aliphatic rings. The second kappa shape index (κ2) is 8.54. The predicted octanol–water partition coefficient (Wildman–Crippen LogP) is 0.599. The minimum Gasteiger partial charge on any atom is -0.392 e. The summed E-state index contributed by atoms with van der Waals surface area (Å²) in [5.74, 6) is 0.271. The van der Waals surface area contributed by atoms with Gasteiger partial charge in [-0.15, -0.1) is 0 Å². The summed E-state index contributed by atoms with van der Waals surface area (Å²) in [5, 5.41) is 10.7. The molecule has 1 amide bonds. The second-order valence-electron chi connectivity index (χ2n) is 8.41. The Morgan fingerprint density at radius 1 is 1.27 bits per heavy atom. The first-order valence-electron chi connectivity index (χ1n) is 9.67. The third-order valence-electron chi connectivity index (χ3n) is 5.81. The number of piperidine rings is 2. The molecular formula is C18H35N3O4S. The first-order chi connectivity index (χ1) is 12.1. The van der Waals surface area contributed by atoms with Crippen LogP contribution in [0.4, 0.5) is 0 Å². The second-order valence-corrected chi connectivity index (χ2v) is 10.7. The molecule has 152 valence electrons. The smallest absolute Gasteiger partial charge is 0.225 e. The number of hydrogen-bond donors (Lipinski definition) is 1. The van der Waals surface area contributed by atoms with Gasteiger partial charge in [0, 0.05) is 51.6 Å². The zero-order valence-corrected chi connectivity index (χ0v) is 17.5. The van der Waals surface area contributed by atoms with E-state index in [9.17, 15) is 18.3 Å². The Morgan fingerprint density at radius 3 is 2.58 bits per heavy atom. The molecule has 2 saturated heterocycles. The van der Waals surface area contributed by atoms with E-state index in [1.165, 1.54) is 4.31 Å². The summed E-state index contributed by atoms with van der Waals surface area (Å²) in [7, 11) is -0.0494. The summed E-state index contributed by atoms with van der Waals surface area (Å²) in [6.45, 7) is 7.43. The van der Waals surface area contributed by atoms with E-state index in [-0.39, 0.29) is 23.0 Å². The van der Waals surface area contributed by atoms with E-state index in [2.05, 4.69) is 4.90 Å². The molecule has 0 radical (unpaired) electrons. The summed E-state index contributed by atoms with van der Waals surface area (Å²) in [6, 6.07) is 0. The summed E-state index contributed by atoms with van der Waals surface area (Å²) in [5.41, 5.74) is -0.276. The van der Waals surface area contributed by atoms with Crippen molar-refractivity contribution in [2.24, 2.45) is 11.3 Å². The van der Waals surface area contributed by atoms with Crippen molar-refractivity contribution in [3.05, 3.63) is 0 Å². The van der Waals surface area contributed by atoms with Crippen LogP contribution in [0, 0.1) is 11.3 Å². The number of amides is 1. The molecule has 8 heteroatoms. The van der Waals surface area contributed by atoms with Crippen LogP contribution in [0.5, 0.6) is 0 Å². The molecule has 0 aliphatic carbocycles. The van der Waals surface area contributed by atoms with Gasteiger partial charge in [-0.1, -0.05) is 13.8 Å². The van der Waals surface area contributed by atoms with Gasteiger partial charge >= 0.3 is 0 Å². The lowest BCUT2D eigenvalue weighted by molar-refractivity contribution is -0.144. The third kappa shape index (κ3) is 4.97. The van der Waals surface area contributed by atoms with Crippen molar-refractivity contribution in [1.82, 2.24) is 14.1 Å². The molecule has 0 aromatic rings. The number of likely N-dealkylation sites (tertiary alicyclic amines) is 2.